The number of halogens is 2. The van der Waals surface area contributed by atoms with Gasteiger partial charge >= 0.3 is 0 Å². The van der Waals surface area contributed by atoms with Crippen molar-refractivity contribution in [2.45, 2.75) is 6.92 Å². The van der Waals surface area contributed by atoms with Crippen molar-refractivity contribution in [1.29, 1.82) is 0 Å². The highest BCUT2D eigenvalue weighted by Crippen LogP contribution is 2.22. The number of hydrogen-bond acceptors (Lipinski definition) is 3. The van der Waals surface area contributed by atoms with E-state index in [1.807, 2.05) is 41.1 Å². The van der Waals surface area contributed by atoms with E-state index >= 15 is 0 Å². The largest absolute Gasteiger partial charge is 0.322 e. The minimum absolute atomic E-state index is 0.203. The average Bonchev–Trinajstić information content (AvgIpc) is 3.00. The van der Waals surface area contributed by atoms with Crippen LogP contribution in [0.5, 0.6) is 0 Å². The van der Waals surface area contributed by atoms with Crippen molar-refractivity contribution in [2.75, 3.05) is 5.32 Å². The third-order valence-electron chi connectivity index (χ3n) is 3.09. The third-order valence-corrected chi connectivity index (χ3v) is 4.80. The number of carbonyl (C=O) groups excluding carboxylic acids is 1. The zero-order valence-electron chi connectivity index (χ0n) is 11.5. The molecule has 0 spiro atoms. The van der Waals surface area contributed by atoms with Crippen LogP contribution in [0, 0.1) is 10.5 Å². The van der Waals surface area contributed by atoms with Crippen LogP contribution in [-0.2, 0) is 4.79 Å². The van der Waals surface area contributed by atoms with Crippen molar-refractivity contribution in [1.82, 2.24) is 9.38 Å². The number of hydrogen-bond donors (Lipinski definition) is 1. The molecule has 3 aromatic rings. The van der Waals surface area contributed by atoms with Crippen LogP contribution in [0.2, 0.25) is 5.15 Å². The van der Waals surface area contributed by atoms with E-state index in [0.29, 0.717) is 10.8 Å². The Bertz CT molecular complexity index is 884. The van der Waals surface area contributed by atoms with Crippen LogP contribution in [-0.4, -0.2) is 15.3 Å². The first-order valence-corrected chi connectivity index (χ1v) is 8.74. The monoisotopic (exact) mass is 443 g/mol. The lowest BCUT2D eigenvalue weighted by atomic mass is 10.2. The number of carbonyl (C=O) groups is 1. The number of nitrogens with zero attached hydrogens (tertiary/aromatic N) is 2. The van der Waals surface area contributed by atoms with Crippen molar-refractivity contribution < 1.29 is 4.79 Å². The zero-order valence-corrected chi connectivity index (χ0v) is 15.2. The lowest BCUT2D eigenvalue weighted by Crippen LogP contribution is -2.09. The molecule has 0 aliphatic heterocycles. The molecule has 22 heavy (non-hydrogen) atoms. The highest BCUT2D eigenvalue weighted by Gasteiger charge is 2.09. The van der Waals surface area contributed by atoms with E-state index in [4.69, 9.17) is 11.6 Å². The van der Waals surface area contributed by atoms with Gasteiger partial charge in [-0.15, -0.1) is 11.3 Å². The van der Waals surface area contributed by atoms with Gasteiger partial charge in [-0.2, -0.15) is 0 Å². The fourth-order valence-electron chi connectivity index (χ4n) is 2.02. The molecule has 0 fully saturated rings. The number of aromatic nitrogens is 2. The van der Waals surface area contributed by atoms with Crippen LogP contribution in [0.3, 0.4) is 0 Å². The normalized spacial score (nSPS) is 11.4. The molecule has 2 aromatic heterocycles. The Morgan fingerprint density at radius 1 is 1.50 bits per heavy atom. The van der Waals surface area contributed by atoms with Crippen molar-refractivity contribution in [3.8, 4) is 0 Å². The minimum atomic E-state index is -0.203. The third kappa shape index (κ3) is 3.18. The molecule has 1 aromatic carbocycles. The summed E-state index contributed by atoms with van der Waals surface area (Å²) in [5.74, 6) is -0.203. The Morgan fingerprint density at radius 2 is 2.32 bits per heavy atom. The summed E-state index contributed by atoms with van der Waals surface area (Å²) in [4.78, 5) is 17.1. The first-order valence-electron chi connectivity index (χ1n) is 6.41. The Morgan fingerprint density at radius 3 is 3.09 bits per heavy atom. The summed E-state index contributed by atoms with van der Waals surface area (Å²) in [6, 6.07) is 5.87. The Kier molecular flexibility index (Phi) is 4.51. The molecule has 0 saturated heterocycles. The number of nitrogens with one attached hydrogen (secondary N) is 1. The summed E-state index contributed by atoms with van der Waals surface area (Å²) in [5, 5.41) is 5.17. The lowest BCUT2D eigenvalue weighted by Gasteiger charge is -2.06. The fraction of sp³-hybridized carbons (Fsp3) is 0.0667. The molecule has 0 radical (unpaired) electrons. The summed E-state index contributed by atoms with van der Waals surface area (Å²) in [5.41, 5.74) is 2.53. The summed E-state index contributed by atoms with van der Waals surface area (Å²) in [7, 11) is 0. The number of rotatable bonds is 3. The number of imidazole rings is 1. The Labute approximate surface area is 150 Å². The average molecular weight is 444 g/mol. The van der Waals surface area contributed by atoms with Gasteiger partial charge in [0.1, 0.15) is 0 Å². The lowest BCUT2D eigenvalue weighted by molar-refractivity contribution is -0.111. The summed E-state index contributed by atoms with van der Waals surface area (Å²) >= 11 is 9.82. The number of anilines is 1. The summed E-state index contributed by atoms with van der Waals surface area (Å²) < 4.78 is 2.99. The number of thiazole rings is 1. The van der Waals surface area contributed by atoms with E-state index in [1.165, 1.54) is 17.4 Å². The number of aryl methyl sites for hydroxylation is 1. The minimum Gasteiger partial charge on any atom is -0.322 e. The predicted octanol–water partition coefficient (Wildman–Crippen LogP) is 4.61. The SMILES string of the molecule is Cc1cc(I)ccc1NC(=O)/C=C/c1c(Cl)nc2sccn12. The molecular formula is C15H11ClIN3OS. The van der Waals surface area contributed by atoms with Crippen molar-refractivity contribution in [2.24, 2.45) is 0 Å². The maximum absolute atomic E-state index is 12.1. The highest BCUT2D eigenvalue weighted by atomic mass is 127. The molecule has 4 nitrogen and oxygen atoms in total. The van der Waals surface area contributed by atoms with Gasteiger partial charge in [0.2, 0.25) is 5.91 Å². The molecule has 0 unspecified atom stereocenters. The first-order chi connectivity index (χ1) is 10.5. The second kappa shape index (κ2) is 6.39. The number of amides is 1. The van der Waals surface area contributed by atoms with E-state index in [9.17, 15) is 4.79 Å². The molecule has 2 heterocycles. The number of fused-ring (bicyclic) bond motifs is 1. The maximum atomic E-state index is 12.1. The highest BCUT2D eigenvalue weighted by molar-refractivity contribution is 14.1. The fourth-order valence-corrected chi connectivity index (χ4v) is 3.67. The molecule has 0 bridgehead atoms. The molecule has 0 atom stereocenters. The maximum Gasteiger partial charge on any atom is 0.248 e. The van der Waals surface area contributed by atoms with Gasteiger partial charge in [-0.3, -0.25) is 9.20 Å². The first kappa shape index (κ1) is 15.5. The number of benzene rings is 1. The Balaban J connectivity index is 1.79. The van der Waals surface area contributed by atoms with Crippen LogP contribution < -0.4 is 5.32 Å². The molecule has 112 valence electrons. The second-order valence-corrected chi connectivity index (χ2v) is 7.10. The summed E-state index contributed by atoms with van der Waals surface area (Å²) in [6.45, 7) is 1.96. The summed E-state index contributed by atoms with van der Waals surface area (Å²) in [6.07, 6.45) is 5.01. The van der Waals surface area contributed by atoms with Gasteiger partial charge in [0.15, 0.2) is 10.1 Å². The molecule has 1 N–H and O–H groups in total. The Hall–Kier alpha value is -1.38. The van der Waals surface area contributed by atoms with Gasteiger partial charge in [0, 0.05) is 26.9 Å². The molecule has 7 heteroatoms. The topological polar surface area (TPSA) is 46.4 Å². The second-order valence-electron chi connectivity index (χ2n) is 4.63. The van der Waals surface area contributed by atoms with Gasteiger partial charge in [0.25, 0.3) is 0 Å². The van der Waals surface area contributed by atoms with Crippen LogP contribution >= 0.6 is 45.5 Å². The van der Waals surface area contributed by atoms with Gasteiger partial charge in [-0.05, 0) is 59.4 Å². The van der Waals surface area contributed by atoms with E-state index in [0.717, 1.165) is 19.8 Å². The van der Waals surface area contributed by atoms with Gasteiger partial charge in [0.05, 0.1) is 5.69 Å². The van der Waals surface area contributed by atoms with Crippen molar-refractivity contribution >= 4 is 68.2 Å². The van der Waals surface area contributed by atoms with Crippen LogP contribution in [0.15, 0.2) is 35.9 Å². The van der Waals surface area contributed by atoms with Gasteiger partial charge < -0.3 is 5.32 Å². The van der Waals surface area contributed by atoms with Gasteiger partial charge in [-0.25, -0.2) is 4.98 Å². The standard InChI is InChI=1S/C15H11ClIN3OS/c1-9-8-10(17)2-3-11(9)18-13(21)5-4-12-14(16)19-15-20(12)6-7-22-15/h2-8H,1H3,(H,18,21)/b5-4+. The predicted molar refractivity (Wildman–Crippen MR) is 99.6 cm³/mol. The van der Waals surface area contributed by atoms with Crippen molar-refractivity contribution in [3.63, 3.8) is 0 Å². The molecule has 0 aliphatic carbocycles. The van der Waals surface area contributed by atoms with Gasteiger partial charge in [-0.1, -0.05) is 11.6 Å². The molecule has 0 aliphatic rings. The van der Waals surface area contributed by atoms with Crippen molar-refractivity contribution in [3.05, 3.63) is 55.8 Å². The quantitative estimate of drug-likeness (QED) is 0.474. The van der Waals surface area contributed by atoms with Crippen LogP contribution in [0.25, 0.3) is 11.0 Å². The van der Waals surface area contributed by atoms with Crippen LogP contribution in [0.1, 0.15) is 11.3 Å². The van der Waals surface area contributed by atoms with E-state index in [1.54, 1.807) is 6.08 Å². The van der Waals surface area contributed by atoms with Crippen LogP contribution in [0.4, 0.5) is 5.69 Å². The zero-order chi connectivity index (χ0) is 15.7. The molecular weight excluding hydrogens is 433 g/mol. The molecule has 1 amide bonds. The molecule has 0 saturated carbocycles. The van der Waals surface area contributed by atoms with E-state index in [-0.39, 0.29) is 5.91 Å². The molecule has 3 rings (SSSR count). The van der Waals surface area contributed by atoms with E-state index < -0.39 is 0 Å². The van der Waals surface area contributed by atoms with E-state index in [2.05, 4.69) is 32.9 Å². The smallest absolute Gasteiger partial charge is 0.248 e.